The third kappa shape index (κ3) is 7.38. The standard InChI is InChI=1S/C32H46ClN3O2/c1-5-25-6-8-27(9-7-25)32(28-10-12-29(33)13-11-28)35-18-19-36(30(22-35)20-23(2)3)31(38)21-26-14-16-34(17-15-26)24(4)37/h6-13,23-24,26,30,32,37H,5,14-22H2,1-4H3. The van der Waals surface area contributed by atoms with Gasteiger partial charge in [-0.1, -0.05) is 68.8 Å². The Balaban J connectivity index is 1.51. The number of hydrogen-bond acceptors (Lipinski definition) is 4. The highest BCUT2D eigenvalue weighted by molar-refractivity contribution is 6.30. The van der Waals surface area contributed by atoms with Crippen LogP contribution in [0.5, 0.6) is 0 Å². The number of piperazine rings is 1. The van der Waals surface area contributed by atoms with Crippen molar-refractivity contribution in [3.05, 3.63) is 70.2 Å². The van der Waals surface area contributed by atoms with Crippen molar-refractivity contribution in [1.82, 2.24) is 14.7 Å². The van der Waals surface area contributed by atoms with Gasteiger partial charge in [0.05, 0.1) is 6.04 Å². The molecule has 6 heteroatoms. The fourth-order valence-corrected chi connectivity index (χ4v) is 6.40. The largest absolute Gasteiger partial charge is 0.379 e. The van der Waals surface area contributed by atoms with Crippen molar-refractivity contribution in [2.24, 2.45) is 11.8 Å². The van der Waals surface area contributed by atoms with Crippen LogP contribution in [0.15, 0.2) is 48.5 Å². The van der Waals surface area contributed by atoms with Crippen molar-refractivity contribution in [2.75, 3.05) is 32.7 Å². The Morgan fingerprint density at radius 2 is 1.53 bits per heavy atom. The van der Waals surface area contributed by atoms with E-state index in [-0.39, 0.29) is 12.1 Å². The van der Waals surface area contributed by atoms with Crippen LogP contribution in [0.2, 0.25) is 5.02 Å². The average molecular weight is 540 g/mol. The second kappa shape index (κ2) is 13.4. The Kier molecular flexibility index (Phi) is 10.3. The molecule has 2 aliphatic heterocycles. The van der Waals surface area contributed by atoms with Gasteiger partial charge in [0, 0.05) is 50.2 Å². The molecule has 2 saturated heterocycles. The van der Waals surface area contributed by atoms with Crippen LogP contribution >= 0.6 is 11.6 Å². The number of likely N-dealkylation sites (tertiary alicyclic amines) is 1. The normalized spacial score (nSPS) is 21.6. The summed E-state index contributed by atoms with van der Waals surface area (Å²) < 4.78 is 0. The lowest BCUT2D eigenvalue weighted by molar-refractivity contribution is -0.138. The number of aryl methyl sites for hydroxylation is 1. The molecule has 3 unspecified atom stereocenters. The minimum absolute atomic E-state index is 0.134. The summed E-state index contributed by atoms with van der Waals surface area (Å²) in [5.74, 6) is 1.23. The first kappa shape index (κ1) is 29.1. The van der Waals surface area contributed by atoms with Gasteiger partial charge >= 0.3 is 0 Å². The van der Waals surface area contributed by atoms with Crippen LogP contribution in [0, 0.1) is 11.8 Å². The third-order valence-corrected chi connectivity index (χ3v) is 8.73. The Morgan fingerprint density at radius 1 is 0.921 bits per heavy atom. The molecule has 0 spiro atoms. The highest BCUT2D eigenvalue weighted by Crippen LogP contribution is 2.33. The lowest BCUT2D eigenvalue weighted by atomic mass is 9.90. The van der Waals surface area contributed by atoms with Gasteiger partial charge in [-0.15, -0.1) is 0 Å². The fourth-order valence-electron chi connectivity index (χ4n) is 6.28. The zero-order valence-electron chi connectivity index (χ0n) is 23.7. The average Bonchev–Trinajstić information content (AvgIpc) is 2.90. The number of halogens is 1. The maximum atomic E-state index is 13.6. The van der Waals surface area contributed by atoms with E-state index in [0.717, 1.165) is 63.4 Å². The molecule has 2 aromatic rings. The minimum Gasteiger partial charge on any atom is -0.379 e. The van der Waals surface area contributed by atoms with Gasteiger partial charge in [0.15, 0.2) is 0 Å². The van der Waals surface area contributed by atoms with Gasteiger partial charge in [0.2, 0.25) is 5.91 Å². The number of piperidine rings is 1. The Bertz CT molecular complexity index is 1020. The minimum atomic E-state index is -0.401. The van der Waals surface area contributed by atoms with Crippen molar-refractivity contribution in [3.8, 4) is 0 Å². The van der Waals surface area contributed by atoms with Gasteiger partial charge in [-0.25, -0.2) is 0 Å². The molecular weight excluding hydrogens is 494 g/mol. The van der Waals surface area contributed by atoms with Gasteiger partial charge < -0.3 is 10.0 Å². The number of benzene rings is 2. The molecule has 38 heavy (non-hydrogen) atoms. The van der Waals surface area contributed by atoms with Crippen LogP contribution in [-0.2, 0) is 11.2 Å². The molecule has 3 atom stereocenters. The zero-order chi connectivity index (χ0) is 27.2. The molecule has 1 N–H and O–H groups in total. The molecule has 208 valence electrons. The van der Waals surface area contributed by atoms with Crippen molar-refractivity contribution >= 4 is 17.5 Å². The molecule has 0 aliphatic carbocycles. The van der Waals surface area contributed by atoms with Gasteiger partial charge in [-0.2, -0.15) is 0 Å². The van der Waals surface area contributed by atoms with Crippen LogP contribution in [0.4, 0.5) is 0 Å². The monoisotopic (exact) mass is 539 g/mol. The van der Waals surface area contributed by atoms with Crippen LogP contribution in [-0.4, -0.2) is 70.7 Å². The van der Waals surface area contributed by atoms with E-state index >= 15 is 0 Å². The number of carbonyl (C=O) groups is 1. The molecule has 1 amide bonds. The van der Waals surface area contributed by atoms with E-state index in [9.17, 15) is 9.90 Å². The van der Waals surface area contributed by atoms with Gasteiger partial charge in [-0.05, 0) is 73.3 Å². The molecular formula is C32H46ClN3O2. The maximum Gasteiger partial charge on any atom is 0.223 e. The summed E-state index contributed by atoms with van der Waals surface area (Å²) in [7, 11) is 0. The summed E-state index contributed by atoms with van der Waals surface area (Å²) in [4.78, 5) is 20.5. The van der Waals surface area contributed by atoms with E-state index in [1.54, 1.807) is 0 Å². The van der Waals surface area contributed by atoms with Crippen LogP contribution in [0.1, 0.15) is 76.1 Å². The van der Waals surface area contributed by atoms with E-state index < -0.39 is 6.23 Å². The lowest BCUT2D eigenvalue weighted by Crippen LogP contribution is -2.56. The quantitative estimate of drug-likeness (QED) is 0.425. The second-order valence-corrected chi connectivity index (χ2v) is 12.2. The van der Waals surface area contributed by atoms with E-state index in [4.69, 9.17) is 11.6 Å². The summed E-state index contributed by atoms with van der Waals surface area (Å²) in [5.41, 5.74) is 3.88. The molecule has 2 aliphatic rings. The number of aliphatic hydroxyl groups is 1. The summed E-state index contributed by atoms with van der Waals surface area (Å²) >= 11 is 6.25. The predicted octanol–water partition coefficient (Wildman–Crippen LogP) is 5.99. The Morgan fingerprint density at radius 3 is 2.08 bits per heavy atom. The fraction of sp³-hybridized carbons (Fsp3) is 0.594. The zero-order valence-corrected chi connectivity index (χ0v) is 24.4. The summed E-state index contributed by atoms with van der Waals surface area (Å²) in [6.45, 7) is 12.8. The summed E-state index contributed by atoms with van der Waals surface area (Å²) in [6.07, 6.45) is 4.23. The number of carbonyl (C=O) groups excluding carboxylic acids is 1. The lowest BCUT2D eigenvalue weighted by Gasteiger charge is -2.46. The highest BCUT2D eigenvalue weighted by atomic mass is 35.5. The molecule has 0 saturated carbocycles. The molecule has 2 fully saturated rings. The third-order valence-electron chi connectivity index (χ3n) is 8.47. The van der Waals surface area contributed by atoms with E-state index in [0.29, 0.717) is 24.2 Å². The van der Waals surface area contributed by atoms with Crippen LogP contribution < -0.4 is 0 Å². The number of aliphatic hydroxyl groups excluding tert-OH is 1. The molecule has 4 rings (SSSR count). The second-order valence-electron chi connectivity index (χ2n) is 11.7. The first-order chi connectivity index (χ1) is 18.2. The maximum absolute atomic E-state index is 13.6. The number of rotatable bonds is 9. The van der Waals surface area contributed by atoms with Crippen LogP contribution in [0.3, 0.4) is 0 Å². The highest BCUT2D eigenvalue weighted by Gasteiger charge is 2.36. The van der Waals surface area contributed by atoms with Gasteiger partial charge in [-0.3, -0.25) is 14.6 Å². The number of amides is 1. The van der Waals surface area contributed by atoms with E-state index in [1.807, 2.05) is 19.1 Å². The van der Waals surface area contributed by atoms with Gasteiger partial charge in [0.25, 0.3) is 0 Å². The smallest absolute Gasteiger partial charge is 0.223 e. The van der Waals surface area contributed by atoms with E-state index in [2.05, 4.69) is 71.9 Å². The van der Waals surface area contributed by atoms with Crippen molar-refractivity contribution < 1.29 is 9.90 Å². The first-order valence-corrected chi connectivity index (χ1v) is 14.9. The molecule has 2 aromatic carbocycles. The predicted molar refractivity (Wildman–Crippen MR) is 156 cm³/mol. The number of hydrogen-bond donors (Lipinski definition) is 1. The Labute approximate surface area is 234 Å². The SMILES string of the molecule is CCc1ccc(C(c2ccc(Cl)cc2)N2CCN(C(=O)CC3CCN(C(C)O)CC3)C(CC(C)C)C2)cc1. The van der Waals surface area contributed by atoms with Gasteiger partial charge in [0.1, 0.15) is 6.23 Å². The molecule has 5 nitrogen and oxygen atoms in total. The molecule has 0 aromatic heterocycles. The summed E-state index contributed by atoms with van der Waals surface area (Å²) in [6, 6.07) is 17.6. The first-order valence-electron chi connectivity index (χ1n) is 14.5. The molecule has 0 bridgehead atoms. The topological polar surface area (TPSA) is 47.0 Å². The van der Waals surface area contributed by atoms with Crippen molar-refractivity contribution in [2.45, 2.75) is 78.1 Å². The van der Waals surface area contributed by atoms with E-state index in [1.165, 1.54) is 16.7 Å². The Hall–Kier alpha value is -1.92. The summed E-state index contributed by atoms with van der Waals surface area (Å²) in [5, 5.41) is 10.6. The molecule has 0 radical (unpaired) electrons. The van der Waals surface area contributed by atoms with Crippen molar-refractivity contribution in [3.63, 3.8) is 0 Å². The van der Waals surface area contributed by atoms with Crippen molar-refractivity contribution in [1.29, 1.82) is 0 Å². The molecule has 2 heterocycles. The number of nitrogens with zero attached hydrogens (tertiary/aromatic N) is 3. The van der Waals surface area contributed by atoms with Crippen LogP contribution in [0.25, 0.3) is 0 Å².